The van der Waals surface area contributed by atoms with E-state index in [0.717, 1.165) is 5.69 Å². The van der Waals surface area contributed by atoms with Crippen LogP contribution in [-0.4, -0.2) is 34.8 Å². The van der Waals surface area contributed by atoms with Gasteiger partial charge in [-0.1, -0.05) is 0 Å². The zero-order chi connectivity index (χ0) is 11.3. The second-order valence-corrected chi connectivity index (χ2v) is 3.43. The zero-order valence-corrected chi connectivity index (χ0v) is 9.32. The van der Waals surface area contributed by atoms with Crippen LogP contribution >= 0.6 is 0 Å². The molecule has 1 heterocycles. The highest BCUT2D eigenvalue weighted by Crippen LogP contribution is 2.12. The Balaban J connectivity index is 2.71. The lowest BCUT2D eigenvalue weighted by Crippen LogP contribution is -2.18. The molecule has 1 rings (SSSR count). The molecule has 15 heavy (non-hydrogen) atoms. The molecule has 84 valence electrons. The van der Waals surface area contributed by atoms with Crippen LogP contribution in [0.15, 0.2) is 6.07 Å². The van der Waals surface area contributed by atoms with Gasteiger partial charge in [0.05, 0.1) is 7.11 Å². The molecule has 0 bridgehead atoms. The van der Waals surface area contributed by atoms with Crippen molar-refractivity contribution in [2.75, 3.05) is 19.0 Å². The highest BCUT2D eigenvalue weighted by Gasteiger charge is 2.05. The minimum Gasteiger partial charge on any atom is -0.481 e. The van der Waals surface area contributed by atoms with Crippen LogP contribution in [0.4, 0.5) is 5.95 Å². The van der Waals surface area contributed by atoms with Gasteiger partial charge in [0, 0.05) is 24.4 Å². The van der Waals surface area contributed by atoms with Crippen molar-refractivity contribution in [3.8, 4) is 5.88 Å². The van der Waals surface area contributed by atoms with Crippen LogP contribution in [-0.2, 0) is 0 Å². The number of methoxy groups -OCH3 is 1. The van der Waals surface area contributed by atoms with E-state index < -0.39 is 0 Å². The van der Waals surface area contributed by atoms with Crippen LogP contribution in [0.25, 0.3) is 0 Å². The molecule has 0 spiro atoms. The summed E-state index contributed by atoms with van der Waals surface area (Å²) in [5, 5.41) is 11.9. The van der Waals surface area contributed by atoms with E-state index in [1.54, 1.807) is 13.2 Å². The Morgan fingerprint density at radius 3 is 2.87 bits per heavy atom. The van der Waals surface area contributed by atoms with Crippen LogP contribution in [0.2, 0.25) is 0 Å². The second kappa shape index (κ2) is 5.50. The van der Waals surface area contributed by atoms with Gasteiger partial charge in [-0.2, -0.15) is 4.98 Å². The van der Waals surface area contributed by atoms with Gasteiger partial charge in [-0.05, 0) is 20.3 Å². The Bertz CT molecular complexity index is 318. The number of aliphatic hydroxyl groups is 1. The number of nitrogens with zero attached hydrogens (tertiary/aromatic N) is 2. The average Bonchev–Trinajstić information content (AvgIpc) is 2.17. The molecule has 2 N–H and O–H groups in total. The number of nitrogens with one attached hydrogen (secondary N) is 1. The van der Waals surface area contributed by atoms with Crippen LogP contribution in [0.1, 0.15) is 19.0 Å². The van der Waals surface area contributed by atoms with E-state index in [-0.39, 0.29) is 12.6 Å². The van der Waals surface area contributed by atoms with Gasteiger partial charge in [0.2, 0.25) is 11.8 Å². The molecule has 1 unspecified atom stereocenters. The zero-order valence-electron chi connectivity index (χ0n) is 9.32. The summed E-state index contributed by atoms with van der Waals surface area (Å²) in [5.74, 6) is 1.08. The SMILES string of the molecule is COc1cc(C)nc(NC(C)CCO)n1. The third-order valence-corrected chi connectivity index (χ3v) is 1.98. The van der Waals surface area contributed by atoms with Crippen LogP contribution < -0.4 is 10.1 Å². The smallest absolute Gasteiger partial charge is 0.226 e. The van der Waals surface area contributed by atoms with Gasteiger partial charge in [0.15, 0.2) is 0 Å². The van der Waals surface area contributed by atoms with Crippen LogP contribution in [0.3, 0.4) is 0 Å². The first-order valence-corrected chi connectivity index (χ1v) is 4.92. The van der Waals surface area contributed by atoms with E-state index in [0.29, 0.717) is 18.2 Å². The molecule has 1 atom stereocenters. The second-order valence-electron chi connectivity index (χ2n) is 3.43. The van der Waals surface area contributed by atoms with Gasteiger partial charge in [-0.15, -0.1) is 0 Å². The minimum absolute atomic E-state index is 0.140. The first-order chi connectivity index (χ1) is 7.15. The molecule has 5 nitrogen and oxygen atoms in total. The van der Waals surface area contributed by atoms with Crippen molar-refractivity contribution in [2.24, 2.45) is 0 Å². The molecule has 1 aromatic heterocycles. The number of ether oxygens (including phenoxy) is 1. The third kappa shape index (κ3) is 3.71. The van der Waals surface area contributed by atoms with Crippen molar-refractivity contribution < 1.29 is 9.84 Å². The summed E-state index contributed by atoms with van der Waals surface area (Å²) in [6.45, 7) is 4.00. The lowest BCUT2D eigenvalue weighted by atomic mass is 10.2. The predicted octanol–water partition coefficient (Wildman–Crippen LogP) is 0.976. The monoisotopic (exact) mass is 211 g/mol. The molecule has 0 saturated carbocycles. The summed E-state index contributed by atoms with van der Waals surface area (Å²) in [4.78, 5) is 8.37. The number of hydrogen-bond acceptors (Lipinski definition) is 5. The first kappa shape index (κ1) is 11.7. The Morgan fingerprint density at radius 2 is 2.27 bits per heavy atom. The van der Waals surface area contributed by atoms with Crippen molar-refractivity contribution >= 4 is 5.95 Å². The molecular formula is C10H17N3O2. The number of aliphatic hydroxyl groups excluding tert-OH is 1. The van der Waals surface area contributed by atoms with Gasteiger partial charge in [-0.3, -0.25) is 0 Å². The maximum atomic E-state index is 8.76. The van der Waals surface area contributed by atoms with Crippen LogP contribution in [0.5, 0.6) is 5.88 Å². The number of aryl methyl sites for hydroxylation is 1. The summed E-state index contributed by atoms with van der Waals surface area (Å²) in [5.41, 5.74) is 0.848. The molecule has 0 amide bonds. The molecular weight excluding hydrogens is 194 g/mol. The fraction of sp³-hybridized carbons (Fsp3) is 0.600. The van der Waals surface area contributed by atoms with Gasteiger partial charge < -0.3 is 15.2 Å². The number of rotatable bonds is 5. The molecule has 5 heteroatoms. The fourth-order valence-electron chi connectivity index (χ4n) is 1.19. The van der Waals surface area contributed by atoms with Gasteiger partial charge >= 0.3 is 0 Å². The molecule has 0 aliphatic heterocycles. The normalized spacial score (nSPS) is 12.3. The first-order valence-electron chi connectivity index (χ1n) is 4.92. The van der Waals surface area contributed by atoms with Crippen LogP contribution in [0, 0.1) is 6.92 Å². The summed E-state index contributed by atoms with van der Waals surface area (Å²) in [6, 6.07) is 1.91. The molecule has 1 aromatic rings. The van der Waals surface area contributed by atoms with Crippen molar-refractivity contribution in [1.82, 2.24) is 9.97 Å². The minimum atomic E-state index is 0.140. The molecule has 0 fully saturated rings. The molecule has 0 aliphatic rings. The Hall–Kier alpha value is -1.36. The third-order valence-electron chi connectivity index (χ3n) is 1.98. The average molecular weight is 211 g/mol. The number of hydrogen-bond donors (Lipinski definition) is 2. The summed E-state index contributed by atoms with van der Waals surface area (Å²) in [6.07, 6.45) is 0.666. The molecule has 0 aliphatic carbocycles. The largest absolute Gasteiger partial charge is 0.481 e. The maximum Gasteiger partial charge on any atom is 0.226 e. The Kier molecular flexibility index (Phi) is 4.30. The van der Waals surface area contributed by atoms with Gasteiger partial charge in [0.25, 0.3) is 0 Å². The van der Waals surface area contributed by atoms with Crippen molar-refractivity contribution in [1.29, 1.82) is 0 Å². The summed E-state index contributed by atoms with van der Waals surface area (Å²) in [7, 11) is 1.57. The molecule has 0 aromatic carbocycles. The van der Waals surface area contributed by atoms with Gasteiger partial charge in [0.1, 0.15) is 0 Å². The lowest BCUT2D eigenvalue weighted by molar-refractivity contribution is 0.282. The predicted molar refractivity (Wildman–Crippen MR) is 58.1 cm³/mol. The fourth-order valence-corrected chi connectivity index (χ4v) is 1.19. The highest BCUT2D eigenvalue weighted by molar-refractivity contribution is 5.31. The summed E-state index contributed by atoms with van der Waals surface area (Å²) < 4.78 is 5.04. The van der Waals surface area contributed by atoms with Gasteiger partial charge in [-0.25, -0.2) is 4.98 Å². The van der Waals surface area contributed by atoms with E-state index >= 15 is 0 Å². The summed E-state index contributed by atoms with van der Waals surface area (Å²) >= 11 is 0. The Morgan fingerprint density at radius 1 is 1.53 bits per heavy atom. The van der Waals surface area contributed by atoms with E-state index in [1.165, 1.54) is 0 Å². The topological polar surface area (TPSA) is 67.3 Å². The molecule has 0 saturated heterocycles. The van der Waals surface area contributed by atoms with Crippen molar-refractivity contribution in [2.45, 2.75) is 26.3 Å². The van der Waals surface area contributed by atoms with E-state index in [4.69, 9.17) is 9.84 Å². The van der Waals surface area contributed by atoms with Crippen molar-refractivity contribution in [3.05, 3.63) is 11.8 Å². The van der Waals surface area contributed by atoms with E-state index in [9.17, 15) is 0 Å². The van der Waals surface area contributed by atoms with E-state index in [2.05, 4.69) is 15.3 Å². The Labute approximate surface area is 89.5 Å². The van der Waals surface area contributed by atoms with E-state index in [1.807, 2.05) is 13.8 Å². The highest BCUT2D eigenvalue weighted by atomic mass is 16.5. The maximum absolute atomic E-state index is 8.76. The standard InChI is InChI=1S/C10H17N3O2/c1-7(4-5-14)11-10-12-8(2)6-9(13-10)15-3/h6-7,14H,4-5H2,1-3H3,(H,11,12,13). The lowest BCUT2D eigenvalue weighted by Gasteiger charge is -2.13. The molecule has 0 radical (unpaired) electrons. The van der Waals surface area contributed by atoms with Crippen molar-refractivity contribution in [3.63, 3.8) is 0 Å². The number of aromatic nitrogens is 2. The number of anilines is 1. The quantitative estimate of drug-likeness (QED) is 0.759.